The van der Waals surface area contributed by atoms with Crippen molar-refractivity contribution < 1.29 is 0 Å². The van der Waals surface area contributed by atoms with Crippen LogP contribution in [0.25, 0.3) is 39.9 Å². The van der Waals surface area contributed by atoms with Crippen molar-refractivity contribution in [2.24, 2.45) is 0 Å². The normalized spacial score (nSPS) is 14.8. The lowest BCUT2D eigenvalue weighted by Crippen LogP contribution is -2.32. The molecule has 5 heterocycles. The number of piperidine rings is 1. The summed E-state index contributed by atoms with van der Waals surface area (Å²) in [6.45, 7) is 2.96. The predicted octanol–water partition coefficient (Wildman–Crippen LogP) is 6.98. The summed E-state index contributed by atoms with van der Waals surface area (Å²) < 4.78 is 3.08. The van der Waals surface area contributed by atoms with Crippen LogP contribution < -0.4 is 5.32 Å². The molecule has 1 saturated heterocycles. The molecule has 0 amide bonds. The first-order valence-electron chi connectivity index (χ1n) is 14.5. The smallest absolute Gasteiger partial charge is 0.171 e. The van der Waals surface area contributed by atoms with Gasteiger partial charge in [-0.05, 0) is 61.8 Å². The Morgan fingerprint density at radius 1 is 0.791 bits per heavy atom. The molecule has 10 heteroatoms. The van der Waals surface area contributed by atoms with Gasteiger partial charge in [-0.3, -0.25) is 9.47 Å². The van der Waals surface area contributed by atoms with Crippen LogP contribution in [-0.2, 0) is 6.54 Å². The largest absolute Gasteiger partial charge is 0.338 e. The average Bonchev–Trinajstić information content (AvgIpc) is 3.69. The van der Waals surface area contributed by atoms with Crippen LogP contribution in [0.5, 0.6) is 0 Å². The summed E-state index contributed by atoms with van der Waals surface area (Å²) in [4.78, 5) is 10.6. The van der Waals surface area contributed by atoms with E-state index in [2.05, 4.69) is 104 Å². The van der Waals surface area contributed by atoms with E-state index in [1.807, 2.05) is 42.5 Å². The Morgan fingerprint density at radius 2 is 1.60 bits per heavy atom. The van der Waals surface area contributed by atoms with E-state index in [4.69, 9.17) is 0 Å². The minimum atomic E-state index is 0.407. The number of hydrogen-bond acceptors (Lipinski definition) is 7. The van der Waals surface area contributed by atoms with Crippen LogP contribution >= 0.6 is 15.9 Å². The maximum atomic E-state index is 4.66. The van der Waals surface area contributed by atoms with Crippen molar-refractivity contribution in [1.29, 1.82) is 0 Å². The molecule has 9 nitrogen and oxygen atoms in total. The van der Waals surface area contributed by atoms with Crippen molar-refractivity contribution in [1.82, 2.24) is 39.8 Å². The van der Waals surface area contributed by atoms with Crippen LogP contribution in [0, 0.1) is 0 Å². The molecule has 212 valence electrons. The molecule has 2 aliphatic rings. The highest BCUT2D eigenvalue weighted by Gasteiger charge is 2.26. The number of benzene rings is 3. The van der Waals surface area contributed by atoms with Crippen LogP contribution in [0.1, 0.15) is 30.1 Å². The zero-order valence-electron chi connectivity index (χ0n) is 23.3. The molecule has 6 aromatic rings. The number of fused-ring (bicyclic) bond motifs is 5. The SMILES string of the molecule is Brc1ccc2c(c1)-c1nnc(-c3ccc(CN4CCC(c5nnc(-c6ccccc6)[nH]5)CC4)cc3)n1-c1cccnc1N2. The van der Waals surface area contributed by atoms with Crippen LogP contribution in [0.15, 0.2) is 95.6 Å². The van der Waals surface area contributed by atoms with Gasteiger partial charge in [0.15, 0.2) is 23.3 Å². The molecular weight excluding hydrogens is 602 g/mol. The standard InChI is InChI=1S/C33H28BrN9/c34-25-12-13-27-26(19-25)33-41-40-32(43(33)28-7-4-16-35-31(28)36-27)24-10-8-21(9-11-24)20-42-17-14-23(15-18-42)30-37-29(38-39-30)22-5-2-1-3-6-22/h1-13,16,19,23H,14-15,17-18,20H2,(H,35,36)(H,37,38,39). The van der Waals surface area contributed by atoms with E-state index in [0.29, 0.717) is 5.92 Å². The molecule has 0 bridgehead atoms. The second kappa shape index (κ2) is 10.9. The molecule has 0 atom stereocenters. The summed E-state index contributed by atoms with van der Waals surface area (Å²) >= 11 is 3.62. The fourth-order valence-electron chi connectivity index (χ4n) is 6.05. The number of nitrogens with zero attached hydrogens (tertiary/aromatic N) is 7. The molecule has 1 fully saturated rings. The number of halogens is 1. The van der Waals surface area contributed by atoms with Crippen molar-refractivity contribution >= 4 is 27.4 Å². The lowest BCUT2D eigenvalue weighted by atomic mass is 9.95. The van der Waals surface area contributed by atoms with Crippen LogP contribution in [0.3, 0.4) is 0 Å². The van der Waals surface area contributed by atoms with Crippen LogP contribution in [0.2, 0.25) is 0 Å². The van der Waals surface area contributed by atoms with Gasteiger partial charge in [0.05, 0.1) is 11.4 Å². The maximum Gasteiger partial charge on any atom is 0.171 e. The van der Waals surface area contributed by atoms with Gasteiger partial charge < -0.3 is 10.3 Å². The van der Waals surface area contributed by atoms with Gasteiger partial charge in [-0.25, -0.2) is 4.98 Å². The first kappa shape index (κ1) is 26.0. The molecule has 3 aromatic carbocycles. The second-order valence-electron chi connectivity index (χ2n) is 11.0. The third kappa shape index (κ3) is 4.92. The minimum absolute atomic E-state index is 0.407. The van der Waals surface area contributed by atoms with Crippen molar-refractivity contribution in [3.05, 3.63) is 107 Å². The summed E-state index contributed by atoms with van der Waals surface area (Å²) in [7, 11) is 0. The highest BCUT2D eigenvalue weighted by molar-refractivity contribution is 9.10. The Morgan fingerprint density at radius 3 is 2.44 bits per heavy atom. The number of anilines is 2. The van der Waals surface area contributed by atoms with E-state index >= 15 is 0 Å². The lowest BCUT2D eigenvalue weighted by molar-refractivity contribution is 0.202. The Kier molecular flexibility index (Phi) is 6.57. The van der Waals surface area contributed by atoms with Gasteiger partial charge in [-0.15, -0.1) is 20.4 Å². The first-order valence-corrected chi connectivity index (χ1v) is 15.3. The Hall–Kier alpha value is -4.67. The third-order valence-corrected chi connectivity index (χ3v) is 8.80. The number of aromatic nitrogens is 7. The number of pyridine rings is 1. The molecule has 3 aromatic heterocycles. The van der Waals surface area contributed by atoms with Crippen LogP contribution in [-0.4, -0.2) is 52.9 Å². The van der Waals surface area contributed by atoms with E-state index in [-0.39, 0.29) is 0 Å². The van der Waals surface area contributed by atoms with Crippen LogP contribution in [0.4, 0.5) is 11.5 Å². The molecule has 0 aliphatic carbocycles. The van der Waals surface area contributed by atoms with E-state index < -0.39 is 0 Å². The second-order valence-corrected chi connectivity index (χ2v) is 12.0. The molecule has 0 radical (unpaired) electrons. The number of hydrogen-bond donors (Lipinski definition) is 2. The number of aromatic amines is 1. The Balaban J connectivity index is 0.990. The zero-order chi connectivity index (χ0) is 28.8. The monoisotopic (exact) mass is 629 g/mol. The number of likely N-dealkylation sites (tertiary alicyclic amines) is 1. The van der Waals surface area contributed by atoms with Gasteiger partial charge in [-0.2, -0.15) is 0 Å². The number of rotatable bonds is 5. The van der Waals surface area contributed by atoms with Gasteiger partial charge >= 0.3 is 0 Å². The fraction of sp³-hybridized carbons (Fsp3) is 0.182. The highest BCUT2D eigenvalue weighted by atomic mass is 79.9. The van der Waals surface area contributed by atoms with Crippen molar-refractivity contribution in [3.8, 4) is 39.9 Å². The summed E-state index contributed by atoms with van der Waals surface area (Å²) in [5.41, 5.74) is 6.18. The van der Waals surface area contributed by atoms with E-state index in [0.717, 1.165) is 94.1 Å². The summed E-state index contributed by atoms with van der Waals surface area (Å²) in [5, 5.41) is 21.7. The van der Waals surface area contributed by atoms with Crippen molar-refractivity contribution in [2.45, 2.75) is 25.3 Å². The van der Waals surface area contributed by atoms with E-state index in [9.17, 15) is 0 Å². The van der Waals surface area contributed by atoms with E-state index in [1.54, 1.807) is 6.20 Å². The van der Waals surface area contributed by atoms with Gasteiger partial charge in [0.1, 0.15) is 5.82 Å². The summed E-state index contributed by atoms with van der Waals surface area (Å²) in [5.74, 6) is 4.58. The minimum Gasteiger partial charge on any atom is -0.338 e. The van der Waals surface area contributed by atoms with E-state index in [1.165, 1.54) is 5.56 Å². The zero-order valence-corrected chi connectivity index (χ0v) is 24.9. The van der Waals surface area contributed by atoms with Gasteiger partial charge in [-0.1, -0.05) is 70.5 Å². The molecule has 2 aliphatic heterocycles. The Bertz CT molecular complexity index is 1910. The number of H-pyrrole nitrogens is 1. The first-order chi connectivity index (χ1) is 21.2. The molecular formula is C33H28BrN9. The fourth-order valence-corrected chi connectivity index (χ4v) is 6.41. The molecule has 2 N–H and O–H groups in total. The topological polar surface area (TPSA) is 100 Å². The quantitative estimate of drug-likeness (QED) is 0.212. The molecule has 0 saturated carbocycles. The lowest BCUT2D eigenvalue weighted by Gasteiger charge is -2.30. The predicted molar refractivity (Wildman–Crippen MR) is 170 cm³/mol. The molecule has 0 spiro atoms. The summed E-state index contributed by atoms with van der Waals surface area (Å²) in [6, 6.07) is 29.0. The van der Waals surface area contributed by atoms with Crippen molar-refractivity contribution in [2.75, 3.05) is 18.4 Å². The molecule has 43 heavy (non-hydrogen) atoms. The Labute approximate surface area is 257 Å². The molecule has 0 unspecified atom stereocenters. The number of nitrogens with one attached hydrogen (secondary N) is 2. The third-order valence-electron chi connectivity index (χ3n) is 8.31. The highest BCUT2D eigenvalue weighted by Crippen LogP contribution is 2.40. The van der Waals surface area contributed by atoms with Crippen molar-refractivity contribution in [3.63, 3.8) is 0 Å². The van der Waals surface area contributed by atoms with Gasteiger partial charge in [0.25, 0.3) is 0 Å². The maximum absolute atomic E-state index is 4.66. The molecule has 8 rings (SSSR count). The van der Waals surface area contributed by atoms with Gasteiger partial charge in [0.2, 0.25) is 0 Å². The van der Waals surface area contributed by atoms with Gasteiger partial charge in [0, 0.05) is 39.8 Å². The average molecular weight is 631 g/mol. The summed E-state index contributed by atoms with van der Waals surface area (Å²) in [6.07, 6.45) is 3.92.